The Morgan fingerprint density at radius 2 is 2.04 bits per heavy atom. The molecule has 0 atom stereocenters. The van der Waals surface area contributed by atoms with Gasteiger partial charge in [-0.1, -0.05) is 0 Å². The number of hydrogen-bond donors (Lipinski definition) is 1. The Morgan fingerprint density at radius 1 is 1.19 bits per heavy atom. The normalized spacial score (nSPS) is 17.0. The Hall–Kier alpha value is -2.61. The molecule has 26 heavy (non-hydrogen) atoms. The molecule has 8 heteroatoms. The van der Waals surface area contributed by atoms with E-state index in [9.17, 15) is 9.59 Å². The summed E-state index contributed by atoms with van der Waals surface area (Å²) in [6.45, 7) is 3.21. The molecule has 2 amide bonds. The van der Waals surface area contributed by atoms with Gasteiger partial charge in [0.1, 0.15) is 11.5 Å². The first-order valence-corrected chi connectivity index (χ1v) is 9.01. The Bertz CT molecular complexity index is 790. The fourth-order valence-corrected chi connectivity index (χ4v) is 3.46. The lowest BCUT2D eigenvalue weighted by molar-refractivity contribution is 0.0291. The maximum Gasteiger partial charge on any atom is 0.290 e. The van der Waals surface area contributed by atoms with Crippen LogP contribution in [0.3, 0.4) is 0 Å². The number of aromatic nitrogens is 2. The second kappa shape index (κ2) is 7.33. The van der Waals surface area contributed by atoms with Crippen LogP contribution in [0.15, 0.2) is 22.8 Å². The molecule has 0 spiro atoms. The number of ether oxygens (including phenoxy) is 1. The van der Waals surface area contributed by atoms with Crippen LogP contribution in [0.4, 0.5) is 0 Å². The Labute approximate surface area is 151 Å². The SMILES string of the molecule is O=C(NCc1ccco1)c1nc(C(=O)N2CCOCC2)n2c1CCCC2. The summed E-state index contributed by atoms with van der Waals surface area (Å²) in [4.78, 5) is 31.7. The first kappa shape index (κ1) is 16.8. The zero-order chi connectivity index (χ0) is 17.9. The van der Waals surface area contributed by atoms with Crippen molar-refractivity contribution in [2.45, 2.75) is 32.4 Å². The van der Waals surface area contributed by atoms with Crippen molar-refractivity contribution >= 4 is 11.8 Å². The van der Waals surface area contributed by atoms with Crippen LogP contribution in [-0.4, -0.2) is 52.6 Å². The maximum atomic E-state index is 12.9. The minimum atomic E-state index is -0.270. The number of morpholine rings is 1. The van der Waals surface area contributed by atoms with Gasteiger partial charge in [0.25, 0.3) is 11.8 Å². The van der Waals surface area contributed by atoms with Gasteiger partial charge in [0.2, 0.25) is 0 Å². The number of furan rings is 1. The summed E-state index contributed by atoms with van der Waals surface area (Å²) >= 11 is 0. The summed E-state index contributed by atoms with van der Waals surface area (Å²) in [7, 11) is 0. The predicted octanol–water partition coefficient (Wildman–Crippen LogP) is 1.21. The molecule has 2 aromatic heterocycles. The molecule has 1 N–H and O–H groups in total. The first-order chi connectivity index (χ1) is 12.7. The number of carbonyl (C=O) groups excluding carboxylic acids is 2. The molecule has 0 unspecified atom stereocenters. The molecular formula is C18H22N4O4. The van der Waals surface area contributed by atoms with Gasteiger partial charge in [-0.25, -0.2) is 4.98 Å². The minimum absolute atomic E-state index is 0.124. The van der Waals surface area contributed by atoms with Gasteiger partial charge >= 0.3 is 0 Å². The number of nitrogens with one attached hydrogen (secondary N) is 1. The van der Waals surface area contributed by atoms with Gasteiger partial charge in [-0.2, -0.15) is 0 Å². The van der Waals surface area contributed by atoms with Gasteiger partial charge in [-0.05, 0) is 31.4 Å². The highest BCUT2D eigenvalue weighted by atomic mass is 16.5. The van der Waals surface area contributed by atoms with E-state index in [1.807, 2.05) is 4.57 Å². The second-order valence-electron chi connectivity index (χ2n) is 6.51. The molecule has 2 aliphatic heterocycles. The summed E-state index contributed by atoms with van der Waals surface area (Å²) < 4.78 is 12.5. The van der Waals surface area contributed by atoms with E-state index in [0.29, 0.717) is 50.1 Å². The number of nitrogens with zero attached hydrogens (tertiary/aromatic N) is 3. The van der Waals surface area contributed by atoms with Crippen LogP contribution in [0, 0.1) is 0 Å². The molecule has 138 valence electrons. The van der Waals surface area contributed by atoms with E-state index in [0.717, 1.165) is 31.5 Å². The molecule has 2 aromatic rings. The molecule has 2 aliphatic rings. The van der Waals surface area contributed by atoms with Crippen LogP contribution in [0.1, 0.15) is 45.4 Å². The van der Waals surface area contributed by atoms with Gasteiger partial charge in [-0.3, -0.25) is 9.59 Å². The second-order valence-corrected chi connectivity index (χ2v) is 6.51. The number of hydrogen-bond acceptors (Lipinski definition) is 5. The van der Waals surface area contributed by atoms with E-state index >= 15 is 0 Å². The largest absolute Gasteiger partial charge is 0.467 e. The zero-order valence-electron chi connectivity index (χ0n) is 14.6. The van der Waals surface area contributed by atoms with Crippen molar-refractivity contribution in [2.75, 3.05) is 26.3 Å². The monoisotopic (exact) mass is 358 g/mol. The van der Waals surface area contributed by atoms with E-state index < -0.39 is 0 Å². The summed E-state index contributed by atoms with van der Waals surface area (Å²) in [5.41, 5.74) is 1.21. The molecule has 8 nitrogen and oxygen atoms in total. The van der Waals surface area contributed by atoms with Crippen molar-refractivity contribution in [3.8, 4) is 0 Å². The van der Waals surface area contributed by atoms with E-state index in [2.05, 4.69) is 10.3 Å². The summed E-state index contributed by atoms with van der Waals surface area (Å²) in [5.74, 6) is 0.649. The van der Waals surface area contributed by atoms with Gasteiger partial charge < -0.3 is 23.9 Å². The Balaban J connectivity index is 1.57. The third-order valence-electron chi connectivity index (χ3n) is 4.83. The lowest BCUT2D eigenvalue weighted by Gasteiger charge is -2.27. The molecule has 0 radical (unpaired) electrons. The smallest absolute Gasteiger partial charge is 0.290 e. The zero-order valence-corrected chi connectivity index (χ0v) is 14.6. The van der Waals surface area contributed by atoms with Crippen LogP contribution < -0.4 is 5.32 Å². The van der Waals surface area contributed by atoms with Crippen LogP contribution >= 0.6 is 0 Å². The van der Waals surface area contributed by atoms with Gasteiger partial charge in [0.05, 0.1) is 31.7 Å². The van der Waals surface area contributed by atoms with Crippen molar-refractivity contribution in [2.24, 2.45) is 0 Å². The number of amides is 2. The number of imidazole rings is 1. The van der Waals surface area contributed by atoms with Gasteiger partial charge in [0, 0.05) is 19.6 Å². The van der Waals surface area contributed by atoms with E-state index in [4.69, 9.17) is 9.15 Å². The first-order valence-electron chi connectivity index (χ1n) is 9.01. The van der Waals surface area contributed by atoms with Crippen molar-refractivity contribution in [1.29, 1.82) is 0 Å². The average molecular weight is 358 g/mol. The summed E-state index contributed by atoms with van der Waals surface area (Å²) in [6, 6.07) is 3.58. The maximum absolute atomic E-state index is 12.9. The van der Waals surface area contributed by atoms with Crippen LogP contribution in [0.25, 0.3) is 0 Å². The standard InChI is InChI=1S/C18H22N4O4/c23-17(19-12-13-4-3-9-26-13)15-14-5-1-2-6-22(14)16(20-15)18(24)21-7-10-25-11-8-21/h3-4,9H,1-2,5-8,10-12H2,(H,19,23). The molecule has 4 heterocycles. The topological polar surface area (TPSA) is 89.6 Å². The summed E-state index contributed by atoms with van der Waals surface area (Å²) in [6.07, 6.45) is 4.31. The number of carbonyl (C=O) groups is 2. The quantitative estimate of drug-likeness (QED) is 0.887. The van der Waals surface area contributed by atoms with Crippen LogP contribution in [-0.2, 0) is 24.2 Å². The molecule has 1 fully saturated rings. The molecular weight excluding hydrogens is 336 g/mol. The lowest BCUT2D eigenvalue weighted by Crippen LogP contribution is -2.42. The third kappa shape index (κ3) is 3.24. The lowest BCUT2D eigenvalue weighted by atomic mass is 10.1. The highest BCUT2D eigenvalue weighted by Crippen LogP contribution is 2.22. The van der Waals surface area contributed by atoms with Gasteiger partial charge in [0.15, 0.2) is 5.82 Å². The van der Waals surface area contributed by atoms with Crippen LogP contribution in [0.5, 0.6) is 0 Å². The minimum Gasteiger partial charge on any atom is -0.467 e. The summed E-state index contributed by atoms with van der Waals surface area (Å²) in [5, 5.41) is 2.83. The fraction of sp³-hybridized carbons (Fsp3) is 0.500. The number of fused-ring (bicyclic) bond motifs is 1. The van der Waals surface area contributed by atoms with Crippen molar-refractivity contribution in [3.63, 3.8) is 0 Å². The molecule has 4 rings (SSSR count). The highest BCUT2D eigenvalue weighted by Gasteiger charge is 2.30. The molecule has 0 bridgehead atoms. The third-order valence-corrected chi connectivity index (χ3v) is 4.83. The van der Waals surface area contributed by atoms with E-state index in [1.165, 1.54) is 0 Å². The Morgan fingerprint density at radius 3 is 2.81 bits per heavy atom. The van der Waals surface area contributed by atoms with Crippen molar-refractivity contribution in [1.82, 2.24) is 19.8 Å². The highest BCUT2D eigenvalue weighted by molar-refractivity contribution is 5.97. The average Bonchev–Trinajstić information content (AvgIpc) is 3.34. The fourth-order valence-electron chi connectivity index (χ4n) is 3.46. The van der Waals surface area contributed by atoms with Crippen molar-refractivity contribution < 1.29 is 18.7 Å². The molecule has 0 saturated carbocycles. The van der Waals surface area contributed by atoms with Crippen molar-refractivity contribution in [3.05, 3.63) is 41.4 Å². The predicted molar refractivity (Wildman–Crippen MR) is 91.8 cm³/mol. The van der Waals surface area contributed by atoms with Gasteiger partial charge in [-0.15, -0.1) is 0 Å². The van der Waals surface area contributed by atoms with E-state index in [-0.39, 0.29) is 11.8 Å². The molecule has 1 saturated heterocycles. The Kier molecular flexibility index (Phi) is 4.75. The molecule has 0 aromatic carbocycles. The van der Waals surface area contributed by atoms with Crippen LogP contribution in [0.2, 0.25) is 0 Å². The number of rotatable bonds is 4. The van der Waals surface area contributed by atoms with E-state index in [1.54, 1.807) is 23.3 Å². The molecule has 0 aliphatic carbocycles.